The monoisotopic (exact) mass is 378 g/mol. The van der Waals surface area contributed by atoms with Gasteiger partial charge in [-0.3, -0.25) is 9.79 Å². The van der Waals surface area contributed by atoms with Crippen LogP contribution >= 0.6 is 0 Å². The van der Waals surface area contributed by atoms with Crippen molar-refractivity contribution < 1.29 is 13.9 Å². The van der Waals surface area contributed by atoms with E-state index in [1.807, 2.05) is 18.0 Å². The van der Waals surface area contributed by atoms with Gasteiger partial charge >= 0.3 is 5.97 Å². The number of carbonyl (C=O) groups excluding carboxylic acids is 1. The number of esters is 1. The zero-order valence-corrected chi connectivity index (χ0v) is 16.6. The molecule has 0 spiro atoms. The normalized spacial score (nSPS) is 15.6. The second-order valence-electron chi connectivity index (χ2n) is 6.78. The van der Waals surface area contributed by atoms with Gasteiger partial charge in [0.15, 0.2) is 5.96 Å². The molecule has 1 aromatic carbocycles. The van der Waals surface area contributed by atoms with Crippen molar-refractivity contribution in [2.45, 2.75) is 26.2 Å². The number of piperidine rings is 1. The van der Waals surface area contributed by atoms with E-state index in [-0.39, 0.29) is 17.7 Å². The van der Waals surface area contributed by atoms with Gasteiger partial charge in [-0.25, -0.2) is 4.39 Å². The van der Waals surface area contributed by atoms with Crippen molar-refractivity contribution in [2.24, 2.45) is 10.9 Å². The standard InChI is InChI=1S/C20H31FN4O2/c1-4-22-20(25-13-9-16(10-14-25)19(26)27-3)23-11-6-12-24(2)18-8-5-7-17(21)15-18/h5,7-8,15-16H,4,6,9-14H2,1-3H3,(H,22,23). The molecule has 1 aliphatic rings. The van der Waals surface area contributed by atoms with Crippen LogP contribution in [-0.2, 0) is 9.53 Å². The fraction of sp³-hybridized carbons (Fsp3) is 0.600. The van der Waals surface area contributed by atoms with E-state index in [1.165, 1.54) is 13.2 Å². The molecule has 1 heterocycles. The number of benzene rings is 1. The smallest absolute Gasteiger partial charge is 0.308 e. The van der Waals surface area contributed by atoms with Gasteiger partial charge in [0.25, 0.3) is 0 Å². The van der Waals surface area contributed by atoms with Crippen LogP contribution in [0.2, 0.25) is 0 Å². The highest BCUT2D eigenvalue weighted by atomic mass is 19.1. The highest BCUT2D eigenvalue weighted by molar-refractivity contribution is 5.80. The molecule has 150 valence electrons. The summed E-state index contributed by atoms with van der Waals surface area (Å²) in [5.41, 5.74) is 0.871. The Morgan fingerprint density at radius 3 is 2.78 bits per heavy atom. The zero-order valence-electron chi connectivity index (χ0n) is 16.6. The van der Waals surface area contributed by atoms with Crippen molar-refractivity contribution in [2.75, 3.05) is 51.8 Å². The second kappa shape index (κ2) is 10.7. The lowest BCUT2D eigenvalue weighted by atomic mass is 9.97. The van der Waals surface area contributed by atoms with Gasteiger partial charge in [-0.05, 0) is 44.4 Å². The summed E-state index contributed by atoms with van der Waals surface area (Å²) in [5.74, 6) is 0.558. The summed E-state index contributed by atoms with van der Waals surface area (Å²) in [6, 6.07) is 6.62. The third kappa shape index (κ3) is 6.41. The van der Waals surface area contributed by atoms with Crippen molar-refractivity contribution in [1.29, 1.82) is 0 Å². The Balaban J connectivity index is 1.82. The third-order valence-corrected chi connectivity index (χ3v) is 4.83. The number of carbonyl (C=O) groups is 1. The number of rotatable bonds is 7. The van der Waals surface area contributed by atoms with Crippen LogP contribution in [0.4, 0.5) is 10.1 Å². The first-order valence-electron chi connectivity index (χ1n) is 9.63. The Kier molecular flexibility index (Phi) is 8.36. The Morgan fingerprint density at radius 1 is 1.41 bits per heavy atom. The molecule has 0 unspecified atom stereocenters. The van der Waals surface area contributed by atoms with Crippen LogP contribution in [0.15, 0.2) is 29.3 Å². The lowest BCUT2D eigenvalue weighted by Crippen LogP contribution is -2.46. The lowest BCUT2D eigenvalue weighted by molar-refractivity contribution is -0.146. The topological polar surface area (TPSA) is 57.2 Å². The van der Waals surface area contributed by atoms with Crippen molar-refractivity contribution in [1.82, 2.24) is 10.2 Å². The predicted octanol–water partition coefficient (Wildman–Crippen LogP) is 2.50. The van der Waals surface area contributed by atoms with Crippen molar-refractivity contribution in [3.63, 3.8) is 0 Å². The Morgan fingerprint density at radius 2 is 2.15 bits per heavy atom. The van der Waals surface area contributed by atoms with Crippen LogP contribution in [0.5, 0.6) is 0 Å². The van der Waals surface area contributed by atoms with Gasteiger partial charge in [-0.2, -0.15) is 0 Å². The van der Waals surface area contributed by atoms with Crippen molar-refractivity contribution >= 4 is 17.6 Å². The van der Waals surface area contributed by atoms with Gasteiger partial charge in [0.05, 0.1) is 13.0 Å². The molecule has 0 saturated carbocycles. The van der Waals surface area contributed by atoms with E-state index in [1.54, 1.807) is 12.1 Å². The molecule has 0 amide bonds. The van der Waals surface area contributed by atoms with Crippen molar-refractivity contribution in [3.8, 4) is 0 Å². The molecule has 7 heteroatoms. The average Bonchev–Trinajstić information content (AvgIpc) is 2.69. The molecule has 1 aliphatic heterocycles. The molecule has 1 saturated heterocycles. The quantitative estimate of drug-likeness (QED) is 0.342. The van der Waals surface area contributed by atoms with E-state index in [4.69, 9.17) is 9.73 Å². The summed E-state index contributed by atoms with van der Waals surface area (Å²) in [6.45, 7) is 5.95. The summed E-state index contributed by atoms with van der Waals surface area (Å²) in [4.78, 5) is 20.6. The first-order valence-corrected chi connectivity index (χ1v) is 9.63. The summed E-state index contributed by atoms with van der Waals surface area (Å²) >= 11 is 0. The predicted molar refractivity (Wildman–Crippen MR) is 107 cm³/mol. The number of likely N-dealkylation sites (tertiary alicyclic amines) is 1. The minimum Gasteiger partial charge on any atom is -0.469 e. The molecule has 0 aliphatic carbocycles. The number of ether oxygens (including phenoxy) is 1. The number of anilines is 1. The Labute approximate surface area is 161 Å². The summed E-state index contributed by atoms with van der Waals surface area (Å²) in [7, 11) is 3.41. The molecule has 0 radical (unpaired) electrons. The molecule has 1 N–H and O–H groups in total. The number of nitrogens with zero attached hydrogens (tertiary/aromatic N) is 3. The Bertz CT molecular complexity index is 630. The van der Waals surface area contributed by atoms with Gasteiger partial charge in [-0.15, -0.1) is 0 Å². The second-order valence-corrected chi connectivity index (χ2v) is 6.78. The Hall–Kier alpha value is -2.31. The van der Waals surface area contributed by atoms with Gasteiger partial charge in [0, 0.05) is 45.5 Å². The van der Waals surface area contributed by atoms with E-state index < -0.39 is 0 Å². The van der Waals surface area contributed by atoms with Gasteiger partial charge in [0.1, 0.15) is 5.82 Å². The molecule has 0 aromatic heterocycles. The highest BCUT2D eigenvalue weighted by Gasteiger charge is 2.26. The molecule has 0 bridgehead atoms. The molecule has 1 aromatic rings. The number of halogens is 1. The summed E-state index contributed by atoms with van der Waals surface area (Å²) in [6.07, 6.45) is 2.46. The third-order valence-electron chi connectivity index (χ3n) is 4.83. The zero-order chi connectivity index (χ0) is 19.6. The SMILES string of the molecule is CCNC(=NCCCN(C)c1cccc(F)c1)N1CCC(C(=O)OC)CC1. The molecular weight excluding hydrogens is 347 g/mol. The number of nitrogens with one attached hydrogen (secondary N) is 1. The maximum absolute atomic E-state index is 13.3. The number of guanidine groups is 1. The van der Waals surface area contributed by atoms with Crippen molar-refractivity contribution in [3.05, 3.63) is 30.1 Å². The molecule has 0 atom stereocenters. The van der Waals surface area contributed by atoms with Gasteiger partial charge < -0.3 is 19.9 Å². The van der Waals surface area contributed by atoms with E-state index >= 15 is 0 Å². The number of aliphatic imine (C=N–C) groups is 1. The summed E-state index contributed by atoms with van der Waals surface area (Å²) < 4.78 is 18.2. The van der Waals surface area contributed by atoms with Crippen LogP contribution in [0.3, 0.4) is 0 Å². The van der Waals surface area contributed by atoms with E-state index in [9.17, 15) is 9.18 Å². The number of hydrogen-bond donors (Lipinski definition) is 1. The fourth-order valence-electron chi connectivity index (χ4n) is 3.25. The van der Waals surface area contributed by atoms with Crippen LogP contribution in [0.25, 0.3) is 0 Å². The van der Waals surface area contributed by atoms with Gasteiger partial charge in [-0.1, -0.05) is 6.07 Å². The molecule has 2 rings (SSSR count). The highest BCUT2D eigenvalue weighted by Crippen LogP contribution is 2.18. The van der Waals surface area contributed by atoms with E-state index in [0.29, 0.717) is 6.54 Å². The fourth-order valence-corrected chi connectivity index (χ4v) is 3.25. The first-order chi connectivity index (χ1) is 13.0. The minimum absolute atomic E-state index is 0.00551. The molecule has 6 nitrogen and oxygen atoms in total. The number of methoxy groups -OCH3 is 1. The molecular formula is C20H31FN4O2. The van der Waals surface area contributed by atoms with Crippen LogP contribution in [0, 0.1) is 11.7 Å². The van der Waals surface area contributed by atoms with Crippen LogP contribution < -0.4 is 10.2 Å². The molecule has 1 fully saturated rings. The van der Waals surface area contributed by atoms with Gasteiger partial charge in [0.2, 0.25) is 0 Å². The number of hydrogen-bond acceptors (Lipinski definition) is 4. The van der Waals surface area contributed by atoms with Crippen LogP contribution in [-0.4, -0.2) is 63.7 Å². The minimum atomic E-state index is -0.220. The largest absolute Gasteiger partial charge is 0.469 e. The average molecular weight is 378 g/mol. The maximum atomic E-state index is 13.3. The summed E-state index contributed by atoms with van der Waals surface area (Å²) in [5, 5.41) is 3.33. The first kappa shape index (κ1) is 21.0. The maximum Gasteiger partial charge on any atom is 0.308 e. The molecule has 27 heavy (non-hydrogen) atoms. The van der Waals surface area contributed by atoms with E-state index in [2.05, 4.69) is 17.1 Å². The lowest BCUT2D eigenvalue weighted by Gasteiger charge is -2.33. The van der Waals surface area contributed by atoms with E-state index in [0.717, 1.165) is 57.1 Å². The van der Waals surface area contributed by atoms with Crippen LogP contribution in [0.1, 0.15) is 26.2 Å².